The number of ether oxygens (including phenoxy) is 3. The molecule has 0 bridgehead atoms. The second-order valence-electron chi connectivity index (χ2n) is 5.02. The van der Waals surface area contributed by atoms with Crippen LogP contribution in [0.15, 0.2) is 42.0 Å². The number of nitrogens with zero attached hydrogens (tertiary/aromatic N) is 1. The van der Waals surface area contributed by atoms with E-state index >= 15 is 0 Å². The van der Waals surface area contributed by atoms with E-state index in [0.29, 0.717) is 0 Å². The van der Waals surface area contributed by atoms with Crippen LogP contribution in [0.25, 0.3) is 0 Å². The third-order valence-corrected chi connectivity index (χ3v) is 3.23. The second kappa shape index (κ2) is 10.7. The molecule has 0 saturated carbocycles. The summed E-state index contributed by atoms with van der Waals surface area (Å²) in [5.74, 6) is -3.39. The number of amides is 1. The molecule has 0 fully saturated rings. The summed E-state index contributed by atoms with van der Waals surface area (Å²) in [6.45, 7) is 1.43. The molecule has 26 heavy (non-hydrogen) atoms. The normalized spacial score (nSPS) is 10.7. The van der Waals surface area contributed by atoms with E-state index in [2.05, 4.69) is 9.47 Å². The van der Waals surface area contributed by atoms with E-state index in [1.54, 1.807) is 37.3 Å². The molecule has 1 amide bonds. The van der Waals surface area contributed by atoms with Crippen LogP contribution in [0, 0.1) is 0 Å². The average Bonchev–Trinajstić information content (AvgIpc) is 2.65. The minimum absolute atomic E-state index is 0.0357. The fourth-order valence-electron chi connectivity index (χ4n) is 2.03. The SMILES string of the molecule is CCOC(=O)CN(Cc1ccccc1)C(=O)/C(=C\C(=O)OC)C(=O)OC. The molecular weight excluding hydrogens is 342 g/mol. The summed E-state index contributed by atoms with van der Waals surface area (Å²) in [5.41, 5.74) is 0.187. The maximum atomic E-state index is 12.8. The number of methoxy groups -OCH3 is 2. The molecule has 8 heteroatoms. The fourth-order valence-corrected chi connectivity index (χ4v) is 2.03. The number of carbonyl (C=O) groups excluding carboxylic acids is 4. The van der Waals surface area contributed by atoms with E-state index < -0.39 is 35.9 Å². The first-order valence-corrected chi connectivity index (χ1v) is 7.79. The molecular formula is C18H21NO7. The van der Waals surface area contributed by atoms with Gasteiger partial charge < -0.3 is 19.1 Å². The van der Waals surface area contributed by atoms with Gasteiger partial charge >= 0.3 is 17.9 Å². The lowest BCUT2D eigenvalue weighted by atomic mass is 10.1. The second-order valence-corrected chi connectivity index (χ2v) is 5.02. The molecule has 0 heterocycles. The number of esters is 3. The van der Waals surface area contributed by atoms with E-state index in [4.69, 9.17) is 4.74 Å². The third kappa shape index (κ3) is 6.39. The Bertz CT molecular complexity index is 682. The number of carbonyl (C=O) groups is 4. The standard InChI is InChI=1S/C18H21NO7/c1-4-26-16(21)12-19(11-13-8-6-5-7-9-13)17(22)14(18(23)25-3)10-15(20)24-2/h5-10H,4,11-12H2,1-3H3/b14-10+. The predicted octanol–water partition coefficient (Wildman–Crippen LogP) is 0.851. The minimum Gasteiger partial charge on any atom is -0.466 e. The van der Waals surface area contributed by atoms with Gasteiger partial charge in [-0.05, 0) is 12.5 Å². The Kier molecular flexibility index (Phi) is 8.56. The molecule has 0 unspecified atom stereocenters. The molecule has 1 aromatic rings. The molecule has 8 nitrogen and oxygen atoms in total. The van der Waals surface area contributed by atoms with Crippen molar-refractivity contribution in [2.75, 3.05) is 27.4 Å². The van der Waals surface area contributed by atoms with E-state index in [1.807, 2.05) is 0 Å². The van der Waals surface area contributed by atoms with Crippen molar-refractivity contribution in [3.8, 4) is 0 Å². The molecule has 1 rings (SSSR count). The van der Waals surface area contributed by atoms with Gasteiger partial charge in [0.2, 0.25) is 0 Å². The van der Waals surface area contributed by atoms with Crippen molar-refractivity contribution in [2.45, 2.75) is 13.5 Å². The van der Waals surface area contributed by atoms with Gasteiger partial charge in [-0.1, -0.05) is 30.3 Å². The van der Waals surface area contributed by atoms with Crippen LogP contribution in [0.5, 0.6) is 0 Å². The highest BCUT2D eigenvalue weighted by Crippen LogP contribution is 2.11. The summed E-state index contributed by atoms with van der Waals surface area (Å²) in [4.78, 5) is 49.1. The topological polar surface area (TPSA) is 99.2 Å². The highest BCUT2D eigenvalue weighted by atomic mass is 16.5. The Hall–Kier alpha value is -3.16. The van der Waals surface area contributed by atoms with Crippen LogP contribution in [-0.4, -0.2) is 56.1 Å². The molecule has 0 aliphatic heterocycles. The Labute approximate surface area is 151 Å². The van der Waals surface area contributed by atoms with Crippen LogP contribution in [0.4, 0.5) is 0 Å². The monoisotopic (exact) mass is 363 g/mol. The third-order valence-electron chi connectivity index (χ3n) is 3.23. The van der Waals surface area contributed by atoms with E-state index in [0.717, 1.165) is 30.8 Å². The molecule has 140 valence electrons. The van der Waals surface area contributed by atoms with Gasteiger partial charge in [-0.15, -0.1) is 0 Å². The first-order valence-electron chi connectivity index (χ1n) is 7.79. The van der Waals surface area contributed by atoms with Crippen molar-refractivity contribution in [1.29, 1.82) is 0 Å². The van der Waals surface area contributed by atoms with Gasteiger partial charge in [-0.25, -0.2) is 9.59 Å². The molecule has 0 N–H and O–H groups in total. The zero-order valence-electron chi connectivity index (χ0n) is 14.9. The summed E-state index contributed by atoms with van der Waals surface area (Å²) < 4.78 is 13.9. The predicted molar refractivity (Wildman–Crippen MR) is 90.6 cm³/mol. The van der Waals surface area contributed by atoms with E-state index in [1.165, 1.54) is 0 Å². The van der Waals surface area contributed by atoms with E-state index in [-0.39, 0.29) is 13.2 Å². The zero-order chi connectivity index (χ0) is 19.5. The smallest absolute Gasteiger partial charge is 0.343 e. The first kappa shape index (κ1) is 20.9. The highest BCUT2D eigenvalue weighted by Gasteiger charge is 2.28. The Morgan fingerprint density at radius 1 is 1.04 bits per heavy atom. The number of hydrogen-bond donors (Lipinski definition) is 0. The van der Waals surface area contributed by atoms with Gasteiger partial charge in [0, 0.05) is 12.6 Å². The fraction of sp³-hybridized carbons (Fsp3) is 0.333. The van der Waals surface area contributed by atoms with Gasteiger partial charge in [-0.2, -0.15) is 0 Å². The van der Waals surface area contributed by atoms with Crippen LogP contribution in [0.2, 0.25) is 0 Å². The van der Waals surface area contributed by atoms with Crippen LogP contribution in [-0.2, 0) is 39.9 Å². The molecule has 0 radical (unpaired) electrons. The summed E-state index contributed by atoms with van der Waals surface area (Å²) in [6, 6.07) is 8.86. The molecule has 0 atom stereocenters. The Balaban J connectivity index is 3.17. The lowest BCUT2D eigenvalue weighted by Crippen LogP contribution is -2.39. The molecule has 1 aromatic carbocycles. The van der Waals surface area contributed by atoms with Crippen LogP contribution >= 0.6 is 0 Å². The van der Waals surface area contributed by atoms with Gasteiger partial charge in [-0.3, -0.25) is 9.59 Å². The van der Waals surface area contributed by atoms with Gasteiger partial charge in [0.1, 0.15) is 12.1 Å². The van der Waals surface area contributed by atoms with Crippen molar-refractivity contribution >= 4 is 23.8 Å². The highest BCUT2D eigenvalue weighted by molar-refractivity contribution is 6.19. The lowest BCUT2D eigenvalue weighted by Gasteiger charge is -2.22. The number of hydrogen-bond acceptors (Lipinski definition) is 7. The van der Waals surface area contributed by atoms with Crippen molar-refractivity contribution in [3.05, 3.63) is 47.5 Å². The average molecular weight is 363 g/mol. The summed E-state index contributed by atoms with van der Waals surface area (Å²) in [6.07, 6.45) is 0.733. The van der Waals surface area contributed by atoms with Crippen molar-refractivity contribution < 1.29 is 33.4 Å². The van der Waals surface area contributed by atoms with Gasteiger partial charge in [0.15, 0.2) is 0 Å². The van der Waals surface area contributed by atoms with E-state index in [9.17, 15) is 19.2 Å². The van der Waals surface area contributed by atoms with Crippen molar-refractivity contribution in [3.63, 3.8) is 0 Å². The molecule has 0 saturated heterocycles. The Morgan fingerprint density at radius 3 is 2.23 bits per heavy atom. The van der Waals surface area contributed by atoms with Gasteiger partial charge in [0.05, 0.1) is 20.8 Å². The van der Waals surface area contributed by atoms with Crippen molar-refractivity contribution in [1.82, 2.24) is 4.90 Å². The number of benzene rings is 1. The zero-order valence-corrected chi connectivity index (χ0v) is 14.9. The summed E-state index contributed by atoms with van der Waals surface area (Å²) >= 11 is 0. The molecule has 0 aromatic heterocycles. The van der Waals surface area contributed by atoms with Crippen LogP contribution in [0.1, 0.15) is 12.5 Å². The maximum Gasteiger partial charge on any atom is 0.343 e. The van der Waals surface area contributed by atoms with Crippen LogP contribution in [0.3, 0.4) is 0 Å². The molecule has 0 spiro atoms. The largest absolute Gasteiger partial charge is 0.466 e. The first-order chi connectivity index (χ1) is 12.4. The summed E-state index contributed by atoms with van der Waals surface area (Å²) in [7, 11) is 2.19. The summed E-state index contributed by atoms with van der Waals surface area (Å²) in [5, 5.41) is 0. The maximum absolute atomic E-state index is 12.8. The van der Waals surface area contributed by atoms with Crippen molar-refractivity contribution in [2.24, 2.45) is 0 Å². The minimum atomic E-state index is -1.01. The Morgan fingerprint density at radius 2 is 1.69 bits per heavy atom. The van der Waals surface area contributed by atoms with Gasteiger partial charge in [0.25, 0.3) is 5.91 Å². The lowest BCUT2D eigenvalue weighted by molar-refractivity contribution is -0.150. The number of rotatable bonds is 8. The quantitative estimate of drug-likeness (QED) is 0.222. The van der Waals surface area contributed by atoms with Crippen LogP contribution < -0.4 is 0 Å². The molecule has 0 aliphatic rings. The molecule has 0 aliphatic carbocycles.